The number of aromatic nitrogens is 3. The third kappa shape index (κ3) is 4.49. The Hall–Kier alpha value is -2.52. The second kappa shape index (κ2) is 7.84. The zero-order chi connectivity index (χ0) is 17.7. The fourth-order valence-electron chi connectivity index (χ4n) is 1.97. The first-order valence-corrected chi connectivity index (χ1v) is 7.38. The minimum atomic E-state index is -1.10. The highest BCUT2D eigenvalue weighted by molar-refractivity contribution is 6.30. The molecule has 0 fully saturated rings. The van der Waals surface area contributed by atoms with Gasteiger partial charge in [0.15, 0.2) is 17.6 Å². The van der Waals surface area contributed by atoms with Crippen molar-refractivity contribution < 1.29 is 19.4 Å². The maximum absolute atomic E-state index is 11.0. The molecule has 10 heteroatoms. The summed E-state index contributed by atoms with van der Waals surface area (Å²) in [4.78, 5) is 24.5. The first-order valence-electron chi connectivity index (χ1n) is 7.01. The topological polar surface area (TPSA) is 129 Å². The first-order chi connectivity index (χ1) is 11.4. The van der Waals surface area contributed by atoms with Gasteiger partial charge in [0.1, 0.15) is 5.82 Å². The number of nitrogens with zero attached hydrogens (tertiary/aromatic N) is 1. The van der Waals surface area contributed by atoms with Crippen LogP contribution < -0.4 is 20.5 Å². The van der Waals surface area contributed by atoms with Gasteiger partial charge in [-0.15, -0.1) is 0 Å². The lowest BCUT2D eigenvalue weighted by Crippen LogP contribution is -2.24. The zero-order valence-corrected chi connectivity index (χ0v) is 13.8. The van der Waals surface area contributed by atoms with Gasteiger partial charge in [0.2, 0.25) is 0 Å². The summed E-state index contributed by atoms with van der Waals surface area (Å²) >= 11 is 6.05. The number of nitrogens with one attached hydrogen (secondary N) is 3. The van der Waals surface area contributed by atoms with Crippen molar-refractivity contribution in [2.45, 2.75) is 26.1 Å². The molecule has 0 amide bonds. The summed E-state index contributed by atoms with van der Waals surface area (Å²) in [6.07, 6.45) is -1.05. The standard InChI is InChI=1S/C14H17ClN4O5/c1-7(13(20)21)24-12-8(3-9(15)4-10(12)23-2)5-16-6-11-17-14(22)19-18-11/h3-4,7,16H,5-6H2,1-2H3,(H,20,21)(H2,17,18,19,22). The van der Waals surface area contributed by atoms with Crippen molar-refractivity contribution in [2.75, 3.05) is 7.11 Å². The van der Waals surface area contributed by atoms with E-state index in [0.29, 0.717) is 41.0 Å². The molecule has 0 bridgehead atoms. The monoisotopic (exact) mass is 356 g/mol. The quantitative estimate of drug-likeness (QED) is 0.553. The van der Waals surface area contributed by atoms with Crippen LogP contribution in [0.25, 0.3) is 0 Å². The van der Waals surface area contributed by atoms with Gasteiger partial charge in [0.05, 0.1) is 13.7 Å². The van der Waals surface area contributed by atoms with Crippen LogP contribution >= 0.6 is 11.6 Å². The molecule has 0 aliphatic carbocycles. The second-order valence-electron chi connectivity index (χ2n) is 4.92. The van der Waals surface area contributed by atoms with E-state index in [2.05, 4.69) is 20.5 Å². The molecule has 24 heavy (non-hydrogen) atoms. The van der Waals surface area contributed by atoms with E-state index in [1.165, 1.54) is 14.0 Å². The number of carbonyl (C=O) groups is 1. The maximum Gasteiger partial charge on any atom is 0.344 e. The highest BCUT2D eigenvalue weighted by atomic mass is 35.5. The van der Waals surface area contributed by atoms with Crippen molar-refractivity contribution in [1.29, 1.82) is 0 Å². The van der Waals surface area contributed by atoms with Crippen LogP contribution in [0.15, 0.2) is 16.9 Å². The molecular formula is C14H17ClN4O5. The number of halogens is 1. The Labute approximate surface area is 141 Å². The summed E-state index contributed by atoms with van der Waals surface area (Å²) in [6, 6.07) is 3.19. The van der Waals surface area contributed by atoms with Gasteiger partial charge < -0.3 is 19.9 Å². The van der Waals surface area contributed by atoms with E-state index in [1.54, 1.807) is 12.1 Å². The molecule has 0 aliphatic heterocycles. The van der Waals surface area contributed by atoms with Crippen molar-refractivity contribution in [3.05, 3.63) is 39.0 Å². The van der Waals surface area contributed by atoms with Gasteiger partial charge in [-0.3, -0.25) is 4.98 Å². The molecule has 1 unspecified atom stereocenters. The van der Waals surface area contributed by atoms with Crippen molar-refractivity contribution in [3.63, 3.8) is 0 Å². The lowest BCUT2D eigenvalue weighted by atomic mass is 10.1. The van der Waals surface area contributed by atoms with Crippen molar-refractivity contribution in [3.8, 4) is 11.5 Å². The summed E-state index contributed by atoms with van der Waals surface area (Å²) in [5, 5.41) is 18.5. The Morgan fingerprint density at radius 2 is 2.21 bits per heavy atom. The number of H-pyrrole nitrogens is 2. The van der Waals surface area contributed by atoms with Gasteiger partial charge in [-0.2, -0.15) is 5.10 Å². The number of hydrogen-bond acceptors (Lipinski definition) is 6. The summed E-state index contributed by atoms with van der Waals surface area (Å²) < 4.78 is 10.7. The number of carboxylic acid groups (broad SMARTS) is 1. The van der Waals surface area contributed by atoms with E-state index in [-0.39, 0.29) is 0 Å². The number of methoxy groups -OCH3 is 1. The molecule has 1 heterocycles. The lowest BCUT2D eigenvalue weighted by Gasteiger charge is -2.18. The molecule has 1 aromatic heterocycles. The number of rotatable bonds is 8. The number of carboxylic acids is 1. The van der Waals surface area contributed by atoms with Crippen LogP contribution in [0.2, 0.25) is 5.02 Å². The van der Waals surface area contributed by atoms with E-state index in [0.717, 1.165) is 0 Å². The Morgan fingerprint density at radius 3 is 2.79 bits per heavy atom. The number of benzene rings is 1. The van der Waals surface area contributed by atoms with E-state index in [1.807, 2.05) is 0 Å². The van der Waals surface area contributed by atoms with Crippen LogP contribution in [-0.4, -0.2) is 39.5 Å². The third-order valence-corrected chi connectivity index (χ3v) is 3.34. The molecule has 130 valence electrons. The Kier molecular flexibility index (Phi) is 5.83. The van der Waals surface area contributed by atoms with E-state index in [9.17, 15) is 9.59 Å². The molecule has 9 nitrogen and oxygen atoms in total. The van der Waals surface area contributed by atoms with Gasteiger partial charge in [0.25, 0.3) is 0 Å². The molecule has 1 aromatic carbocycles. The Bertz CT molecular complexity index is 773. The van der Waals surface area contributed by atoms with Crippen LogP contribution in [0.3, 0.4) is 0 Å². The zero-order valence-electron chi connectivity index (χ0n) is 13.1. The third-order valence-electron chi connectivity index (χ3n) is 3.12. The molecule has 0 saturated heterocycles. The molecular weight excluding hydrogens is 340 g/mol. The van der Waals surface area contributed by atoms with Crippen LogP contribution in [0, 0.1) is 0 Å². The van der Waals surface area contributed by atoms with Crippen LogP contribution in [-0.2, 0) is 17.9 Å². The molecule has 2 aromatic rings. The molecule has 0 aliphatic rings. The van der Waals surface area contributed by atoms with Crippen molar-refractivity contribution >= 4 is 17.6 Å². The smallest absolute Gasteiger partial charge is 0.344 e. The van der Waals surface area contributed by atoms with Crippen LogP contribution in [0.5, 0.6) is 11.5 Å². The Balaban J connectivity index is 2.17. The number of hydrogen-bond donors (Lipinski definition) is 4. The minimum absolute atomic E-state index is 0.292. The fourth-order valence-corrected chi connectivity index (χ4v) is 2.20. The molecule has 2 rings (SSSR count). The van der Waals surface area contributed by atoms with Crippen molar-refractivity contribution in [1.82, 2.24) is 20.5 Å². The summed E-state index contributed by atoms with van der Waals surface area (Å²) in [5.41, 5.74) is 0.223. The van der Waals surface area contributed by atoms with E-state index >= 15 is 0 Å². The Morgan fingerprint density at radius 1 is 1.46 bits per heavy atom. The normalized spacial score (nSPS) is 12.0. The minimum Gasteiger partial charge on any atom is -0.493 e. The molecule has 0 radical (unpaired) electrons. The van der Waals surface area contributed by atoms with Gasteiger partial charge in [0, 0.05) is 23.2 Å². The largest absolute Gasteiger partial charge is 0.493 e. The number of aromatic amines is 2. The molecule has 1 atom stereocenters. The van der Waals surface area contributed by atoms with Gasteiger partial charge in [-0.05, 0) is 13.0 Å². The van der Waals surface area contributed by atoms with E-state index in [4.69, 9.17) is 26.2 Å². The van der Waals surface area contributed by atoms with Gasteiger partial charge in [-0.25, -0.2) is 14.7 Å². The van der Waals surface area contributed by atoms with E-state index < -0.39 is 17.8 Å². The second-order valence-corrected chi connectivity index (χ2v) is 5.36. The van der Waals surface area contributed by atoms with Crippen LogP contribution in [0.4, 0.5) is 0 Å². The molecule has 0 saturated carbocycles. The van der Waals surface area contributed by atoms with Gasteiger partial charge in [-0.1, -0.05) is 11.6 Å². The predicted octanol–water partition coefficient (Wildman–Crippen LogP) is 0.902. The highest BCUT2D eigenvalue weighted by Gasteiger charge is 2.19. The van der Waals surface area contributed by atoms with Crippen molar-refractivity contribution in [2.24, 2.45) is 0 Å². The maximum atomic E-state index is 11.0. The van der Waals surface area contributed by atoms with Crippen LogP contribution in [0.1, 0.15) is 18.3 Å². The molecule has 0 spiro atoms. The number of ether oxygens (including phenoxy) is 2. The lowest BCUT2D eigenvalue weighted by molar-refractivity contribution is -0.144. The fraction of sp³-hybridized carbons (Fsp3) is 0.357. The average Bonchev–Trinajstić information content (AvgIpc) is 2.94. The summed E-state index contributed by atoms with van der Waals surface area (Å²) in [6.45, 7) is 2.01. The summed E-state index contributed by atoms with van der Waals surface area (Å²) in [7, 11) is 1.44. The highest BCUT2D eigenvalue weighted by Crippen LogP contribution is 2.35. The number of aliphatic carboxylic acids is 1. The summed E-state index contributed by atoms with van der Waals surface area (Å²) in [5.74, 6) is -0.0317. The average molecular weight is 357 g/mol. The van der Waals surface area contributed by atoms with Gasteiger partial charge >= 0.3 is 11.7 Å². The predicted molar refractivity (Wildman–Crippen MR) is 85.5 cm³/mol. The SMILES string of the molecule is COc1cc(Cl)cc(CNCc2n[nH]c(=O)[nH]2)c1OC(C)C(=O)O. The molecule has 4 N–H and O–H groups in total. The first kappa shape index (κ1) is 17.8.